The highest BCUT2D eigenvalue weighted by atomic mass is 14.9. The molecule has 2 aromatic rings. The molecule has 1 N–H and O–H groups in total. The predicted molar refractivity (Wildman–Crippen MR) is 88.0 cm³/mol. The number of aryl methyl sites for hydroxylation is 2. The molecule has 1 nitrogen and oxygen atoms in total. The minimum Gasteiger partial charge on any atom is -0.310 e. The first kappa shape index (κ1) is 14.8. The largest absolute Gasteiger partial charge is 0.310 e. The highest BCUT2D eigenvalue weighted by molar-refractivity contribution is 5.68. The molecule has 0 radical (unpaired) electrons. The topological polar surface area (TPSA) is 12.0 Å². The third-order valence-electron chi connectivity index (χ3n) is 3.61. The SMILES string of the molecule is CCc1cccc(-c2cc(C)ccc2CNC(C)C)c1. The lowest BCUT2D eigenvalue weighted by Gasteiger charge is -2.14. The van der Waals surface area contributed by atoms with Crippen LogP contribution in [-0.2, 0) is 13.0 Å². The summed E-state index contributed by atoms with van der Waals surface area (Å²) in [7, 11) is 0. The fraction of sp³-hybridized carbons (Fsp3) is 0.368. The van der Waals surface area contributed by atoms with E-state index in [9.17, 15) is 0 Å². The van der Waals surface area contributed by atoms with Gasteiger partial charge in [0.2, 0.25) is 0 Å². The molecule has 0 unspecified atom stereocenters. The summed E-state index contributed by atoms with van der Waals surface area (Å²) in [5.74, 6) is 0. The van der Waals surface area contributed by atoms with Crippen molar-refractivity contribution >= 4 is 0 Å². The van der Waals surface area contributed by atoms with Crippen molar-refractivity contribution in [1.29, 1.82) is 0 Å². The Morgan fingerprint density at radius 1 is 1.05 bits per heavy atom. The molecule has 0 aliphatic rings. The average Bonchev–Trinajstić information content (AvgIpc) is 2.46. The van der Waals surface area contributed by atoms with Gasteiger partial charge in [0.15, 0.2) is 0 Å². The molecular formula is C19H25N. The van der Waals surface area contributed by atoms with E-state index in [2.05, 4.69) is 75.5 Å². The summed E-state index contributed by atoms with van der Waals surface area (Å²) in [6, 6.07) is 16.1. The molecule has 0 saturated heterocycles. The highest BCUT2D eigenvalue weighted by Gasteiger charge is 2.07. The maximum Gasteiger partial charge on any atom is 0.0214 e. The fourth-order valence-electron chi connectivity index (χ4n) is 2.39. The van der Waals surface area contributed by atoms with Crippen LogP contribution in [0, 0.1) is 6.92 Å². The number of hydrogen-bond donors (Lipinski definition) is 1. The molecule has 0 aliphatic heterocycles. The second-order valence-electron chi connectivity index (χ2n) is 5.75. The second kappa shape index (κ2) is 6.71. The normalized spacial score (nSPS) is 11.1. The third kappa shape index (κ3) is 3.71. The molecular weight excluding hydrogens is 242 g/mol. The van der Waals surface area contributed by atoms with Crippen LogP contribution in [0.3, 0.4) is 0 Å². The molecule has 0 saturated carbocycles. The van der Waals surface area contributed by atoms with Gasteiger partial charge in [-0.05, 0) is 35.6 Å². The number of nitrogens with one attached hydrogen (secondary N) is 1. The van der Waals surface area contributed by atoms with Crippen LogP contribution in [0.5, 0.6) is 0 Å². The molecule has 0 atom stereocenters. The third-order valence-corrected chi connectivity index (χ3v) is 3.61. The number of benzene rings is 2. The first-order valence-electron chi connectivity index (χ1n) is 7.52. The lowest BCUT2D eigenvalue weighted by molar-refractivity contribution is 0.589. The molecule has 0 aliphatic carbocycles. The summed E-state index contributed by atoms with van der Waals surface area (Å²) in [5.41, 5.74) is 6.77. The molecule has 2 rings (SSSR count). The minimum absolute atomic E-state index is 0.506. The Hall–Kier alpha value is -1.60. The molecule has 0 fully saturated rings. The van der Waals surface area contributed by atoms with Gasteiger partial charge in [-0.25, -0.2) is 0 Å². The van der Waals surface area contributed by atoms with Gasteiger partial charge in [0.25, 0.3) is 0 Å². The smallest absolute Gasteiger partial charge is 0.0214 e. The van der Waals surface area contributed by atoms with Gasteiger partial charge in [-0.3, -0.25) is 0 Å². The van der Waals surface area contributed by atoms with Gasteiger partial charge >= 0.3 is 0 Å². The lowest BCUT2D eigenvalue weighted by atomic mass is 9.95. The molecule has 20 heavy (non-hydrogen) atoms. The van der Waals surface area contributed by atoms with Crippen LogP contribution in [0.15, 0.2) is 42.5 Å². The van der Waals surface area contributed by atoms with E-state index in [0.29, 0.717) is 6.04 Å². The van der Waals surface area contributed by atoms with Crippen molar-refractivity contribution in [2.45, 2.75) is 46.7 Å². The molecule has 2 aromatic carbocycles. The van der Waals surface area contributed by atoms with E-state index in [1.165, 1.54) is 27.8 Å². The van der Waals surface area contributed by atoms with Crippen LogP contribution >= 0.6 is 0 Å². The van der Waals surface area contributed by atoms with Gasteiger partial charge in [0.05, 0.1) is 0 Å². The van der Waals surface area contributed by atoms with Crippen molar-refractivity contribution in [3.05, 3.63) is 59.2 Å². The molecule has 0 bridgehead atoms. The van der Waals surface area contributed by atoms with Crippen molar-refractivity contribution in [1.82, 2.24) is 5.32 Å². The first-order valence-corrected chi connectivity index (χ1v) is 7.52. The standard InChI is InChI=1S/C19H25N/c1-5-16-7-6-8-17(12-16)19-11-15(4)9-10-18(19)13-20-14(2)3/h6-12,14,20H,5,13H2,1-4H3. The van der Waals surface area contributed by atoms with Crippen molar-refractivity contribution in [2.24, 2.45) is 0 Å². The van der Waals surface area contributed by atoms with Crippen LogP contribution in [0.2, 0.25) is 0 Å². The maximum atomic E-state index is 3.52. The summed E-state index contributed by atoms with van der Waals surface area (Å²) in [6.07, 6.45) is 1.08. The van der Waals surface area contributed by atoms with Gasteiger partial charge < -0.3 is 5.32 Å². The van der Waals surface area contributed by atoms with Gasteiger partial charge in [-0.1, -0.05) is 68.8 Å². The van der Waals surface area contributed by atoms with Crippen LogP contribution in [-0.4, -0.2) is 6.04 Å². The Kier molecular flexibility index (Phi) is 4.97. The van der Waals surface area contributed by atoms with Gasteiger partial charge in [-0.15, -0.1) is 0 Å². The minimum atomic E-state index is 0.506. The van der Waals surface area contributed by atoms with E-state index in [4.69, 9.17) is 0 Å². The zero-order chi connectivity index (χ0) is 14.5. The van der Waals surface area contributed by atoms with Gasteiger partial charge in [0, 0.05) is 12.6 Å². The van der Waals surface area contributed by atoms with Gasteiger partial charge in [-0.2, -0.15) is 0 Å². The molecule has 0 heterocycles. The van der Waals surface area contributed by atoms with E-state index in [1.54, 1.807) is 0 Å². The Labute approximate surface area is 123 Å². The van der Waals surface area contributed by atoms with E-state index in [0.717, 1.165) is 13.0 Å². The molecule has 0 spiro atoms. The van der Waals surface area contributed by atoms with E-state index in [-0.39, 0.29) is 0 Å². The van der Waals surface area contributed by atoms with Crippen LogP contribution in [0.25, 0.3) is 11.1 Å². The zero-order valence-electron chi connectivity index (χ0n) is 13.0. The average molecular weight is 267 g/mol. The fourth-order valence-corrected chi connectivity index (χ4v) is 2.39. The second-order valence-corrected chi connectivity index (χ2v) is 5.75. The maximum absolute atomic E-state index is 3.52. The van der Waals surface area contributed by atoms with Crippen molar-refractivity contribution in [3.63, 3.8) is 0 Å². The van der Waals surface area contributed by atoms with Gasteiger partial charge in [0.1, 0.15) is 0 Å². The Morgan fingerprint density at radius 3 is 2.55 bits per heavy atom. The molecule has 106 valence electrons. The van der Waals surface area contributed by atoms with E-state index >= 15 is 0 Å². The quantitative estimate of drug-likeness (QED) is 0.826. The lowest BCUT2D eigenvalue weighted by Crippen LogP contribution is -2.22. The zero-order valence-corrected chi connectivity index (χ0v) is 13.0. The van der Waals surface area contributed by atoms with Crippen LogP contribution in [0.4, 0.5) is 0 Å². The summed E-state index contributed by atoms with van der Waals surface area (Å²) in [5, 5.41) is 3.52. The summed E-state index contributed by atoms with van der Waals surface area (Å²) >= 11 is 0. The molecule has 0 amide bonds. The number of rotatable bonds is 5. The predicted octanol–water partition coefficient (Wildman–Crippen LogP) is 4.72. The van der Waals surface area contributed by atoms with Crippen LogP contribution in [0.1, 0.15) is 37.5 Å². The molecule has 0 aromatic heterocycles. The van der Waals surface area contributed by atoms with E-state index < -0.39 is 0 Å². The highest BCUT2D eigenvalue weighted by Crippen LogP contribution is 2.26. The summed E-state index contributed by atoms with van der Waals surface area (Å²) < 4.78 is 0. The summed E-state index contributed by atoms with van der Waals surface area (Å²) in [6.45, 7) is 9.66. The summed E-state index contributed by atoms with van der Waals surface area (Å²) in [4.78, 5) is 0. The Balaban J connectivity index is 2.39. The Morgan fingerprint density at radius 2 is 1.85 bits per heavy atom. The Bertz CT molecular complexity index is 570. The first-order chi connectivity index (χ1) is 9.60. The monoisotopic (exact) mass is 267 g/mol. The van der Waals surface area contributed by atoms with Crippen LogP contribution < -0.4 is 5.32 Å². The molecule has 1 heteroatoms. The van der Waals surface area contributed by atoms with E-state index in [1.807, 2.05) is 0 Å². The van der Waals surface area contributed by atoms with Crippen molar-refractivity contribution in [3.8, 4) is 11.1 Å². The van der Waals surface area contributed by atoms with Crippen molar-refractivity contribution in [2.75, 3.05) is 0 Å². The van der Waals surface area contributed by atoms with Crippen molar-refractivity contribution < 1.29 is 0 Å². The number of hydrogen-bond acceptors (Lipinski definition) is 1.